The van der Waals surface area contributed by atoms with Gasteiger partial charge < -0.3 is 10.2 Å². The molecule has 2 unspecified atom stereocenters. The number of nitrogens with one attached hydrogen (secondary N) is 1. The van der Waals surface area contributed by atoms with Crippen molar-refractivity contribution in [2.75, 3.05) is 13.1 Å². The van der Waals surface area contributed by atoms with E-state index in [1.807, 2.05) is 11.8 Å². The van der Waals surface area contributed by atoms with Gasteiger partial charge in [0.2, 0.25) is 0 Å². The molecule has 1 heterocycles. The molecule has 1 aliphatic heterocycles. The molecule has 1 aromatic carbocycles. The molecular formula is C14H20ClFN2O. The number of hydrogen-bond acceptors (Lipinski definition) is 2. The first-order chi connectivity index (χ1) is 8.50. The number of nitrogens with zero attached hydrogens (tertiary/aromatic N) is 1. The van der Waals surface area contributed by atoms with Crippen molar-refractivity contribution in [3.8, 4) is 0 Å². The Morgan fingerprint density at radius 3 is 2.74 bits per heavy atom. The van der Waals surface area contributed by atoms with Crippen molar-refractivity contribution in [1.82, 2.24) is 10.2 Å². The zero-order chi connectivity index (χ0) is 13.3. The summed E-state index contributed by atoms with van der Waals surface area (Å²) in [4.78, 5) is 14.2. The highest BCUT2D eigenvalue weighted by molar-refractivity contribution is 5.94. The number of halogens is 2. The van der Waals surface area contributed by atoms with Gasteiger partial charge in [0.15, 0.2) is 0 Å². The topological polar surface area (TPSA) is 32.3 Å². The summed E-state index contributed by atoms with van der Waals surface area (Å²) < 4.78 is 13.5. The first kappa shape index (κ1) is 15.9. The van der Waals surface area contributed by atoms with Crippen molar-refractivity contribution >= 4 is 18.3 Å². The SMILES string of the molecule is Cc1ccc(C(=O)N2CCNC(C)C2C)cc1F.Cl. The van der Waals surface area contributed by atoms with Gasteiger partial charge in [0, 0.05) is 30.7 Å². The van der Waals surface area contributed by atoms with Gasteiger partial charge in [-0.05, 0) is 38.5 Å². The van der Waals surface area contributed by atoms with Crippen LogP contribution in [0.1, 0.15) is 29.8 Å². The fourth-order valence-electron chi connectivity index (χ4n) is 2.23. The lowest BCUT2D eigenvalue weighted by Crippen LogP contribution is -2.57. The number of rotatable bonds is 1. The summed E-state index contributed by atoms with van der Waals surface area (Å²) >= 11 is 0. The predicted octanol–water partition coefficient (Wildman–Crippen LogP) is 2.38. The molecule has 5 heteroatoms. The maximum absolute atomic E-state index is 13.5. The van der Waals surface area contributed by atoms with Gasteiger partial charge in [-0.1, -0.05) is 6.07 Å². The van der Waals surface area contributed by atoms with Crippen molar-refractivity contribution in [2.24, 2.45) is 0 Å². The Hall–Kier alpha value is -1.13. The number of carbonyl (C=O) groups excluding carboxylic acids is 1. The van der Waals surface area contributed by atoms with Crippen molar-refractivity contribution in [3.63, 3.8) is 0 Å². The fourth-order valence-corrected chi connectivity index (χ4v) is 2.23. The molecule has 3 nitrogen and oxygen atoms in total. The third kappa shape index (κ3) is 3.25. The second-order valence-corrected chi connectivity index (χ2v) is 4.95. The minimum absolute atomic E-state index is 0. The lowest BCUT2D eigenvalue weighted by Gasteiger charge is -2.38. The van der Waals surface area contributed by atoms with E-state index in [1.165, 1.54) is 6.07 Å². The molecule has 1 aliphatic rings. The number of piperazine rings is 1. The minimum Gasteiger partial charge on any atom is -0.333 e. The molecule has 1 saturated heterocycles. The van der Waals surface area contributed by atoms with Crippen LogP contribution >= 0.6 is 12.4 Å². The second-order valence-electron chi connectivity index (χ2n) is 4.95. The van der Waals surface area contributed by atoms with Crippen LogP contribution in [0, 0.1) is 12.7 Å². The van der Waals surface area contributed by atoms with Crippen LogP contribution in [-0.4, -0.2) is 36.0 Å². The van der Waals surface area contributed by atoms with Crippen LogP contribution in [0.4, 0.5) is 4.39 Å². The molecule has 0 bridgehead atoms. The highest BCUT2D eigenvalue weighted by Gasteiger charge is 2.28. The third-order valence-corrected chi connectivity index (χ3v) is 3.71. The van der Waals surface area contributed by atoms with Gasteiger partial charge in [-0.15, -0.1) is 12.4 Å². The highest BCUT2D eigenvalue weighted by atomic mass is 35.5. The van der Waals surface area contributed by atoms with Crippen molar-refractivity contribution < 1.29 is 9.18 Å². The van der Waals surface area contributed by atoms with E-state index in [0.717, 1.165) is 6.54 Å². The maximum Gasteiger partial charge on any atom is 0.254 e. The molecule has 0 aromatic heterocycles. The molecule has 2 atom stereocenters. The summed E-state index contributed by atoms with van der Waals surface area (Å²) in [5.41, 5.74) is 0.993. The van der Waals surface area contributed by atoms with Crippen LogP contribution in [0.25, 0.3) is 0 Å². The zero-order valence-corrected chi connectivity index (χ0v) is 12.3. The van der Waals surface area contributed by atoms with Crippen LogP contribution in [0.15, 0.2) is 18.2 Å². The molecular weight excluding hydrogens is 267 g/mol. The molecule has 0 saturated carbocycles. The van der Waals surface area contributed by atoms with E-state index in [-0.39, 0.29) is 36.2 Å². The summed E-state index contributed by atoms with van der Waals surface area (Å²) in [6.45, 7) is 7.21. The number of benzene rings is 1. The van der Waals surface area contributed by atoms with Crippen molar-refractivity contribution in [3.05, 3.63) is 35.1 Å². The van der Waals surface area contributed by atoms with Gasteiger partial charge in [-0.3, -0.25) is 4.79 Å². The van der Waals surface area contributed by atoms with E-state index in [1.54, 1.807) is 19.1 Å². The van der Waals surface area contributed by atoms with E-state index >= 15 is 0 Å². The molecule has 1 fully saturated rings. The second kappa shape index (κ2) is 6.35. The fraction of sp³-hybridized carbons (Fsp3) is 0.500. The Bertz CT molecular complexity index is 467. The predicted molar refractivity (Wildman–Crippen MR) is 76.3 cm³/mol. The van der Waals surface area contributed by atoms with Crippen LogP contribution in [0.3, 0.4) is 0 Å². The molecule has 0 radical (unpaired) electrons. The summed E-state index contributed by atoms with van der Waals surface area (Å²) in [5.74, 6) is -0.411. The van der Waals surface area contributed by atoms with Crippen LogP contribution in [0.5, 0.6) is 0 Å². The van der Waals surface area contributed by atoms with E-state index in [4.69, 9.17) is 0 Å². The van der Waals surface area contributed by atoms with Gasteiger partial charge >= 0.3 is 0 Å². The van der Waals surface area contributed by atoms with Crippen molar-refractivity contribution in [1.29, 1.82) is 0 Å². The van der Waals surface area contributed by atoms with E-state index in [9.17, 15) is 9.18 Å². The quantitative estimate of drug-likeness (QED) is 0.860. The summed E-state index contributed by atoms with van der Waals surface area (Å²) in [6.07, 6.45) is 0. The van der Waals surface area contributed by atoms with Gasteiger partial charge in [0.1, 0.15) is 5.82 Å². The standard InChI is InChI=1S/C14H19FN2O.ClH/c1-9-4-5-12(8-13(9)15)14(18)17-7-6-16-10(2)11(17)3;/h4-5,8,10-11,16H,6-7H2,1-3H3;1H. The summed E-state index contributed by atoms with van der Waals surface area (Å²) in [6, 6.07) is 5.06. The van der Waals surface area contributed by atoms with Crippen LogP contribution < -0.4 is 5.32 Å². The Morgan fingerprint density at radius 1 is 1.42 bits per heavy atom. The van der Waals surface area contributed by atoms with E-state index in [0.29, 0.717) is 17.7 Å². The van der Waals surface area contributed by atoms with Crippen molar-refractivity contribution in [2.45, 2.75) is 32.9 Å². The Kier molecular flexibility index (Phi) is 5.32. The molecule has 19 heavy (non-hydrogen) atoms. The molecule has 1 N–H and O–H groups in total. The summed E-state index contributed by atoms with van der Waals surface area (Å²) in [7, 11) is 0. The molecule has 0 spiro atoms. The monoisotopic (exact) mass is 286 g/mol. The maximum atomic E-state index is 13.5. The lowest BCUT2D eigenvalue weighted by atomic mass is 10.0. The zero-order valence-electron chi connectivity index (χ0n) is 11.4. The molecule has 0 aliphatic carbocycles. The van der Waals surface area contributed by atoms with Gasteiger partial charge in [0.05, 0.1) is 0 Å². The number of carbonyl (C=O) groups is 1. The average molecular weight is 287 g/mol. The number of amides is 1. The number of aryl methyl sites for hydroxylation is 1. The summed E-state index contributed by atoms with van der Waals surface area (Å²) in [5, 5.41) is 3.32. The molecule has 106 valence electrons. The number of hydrogen-bond donors (Lipinski definition) is 1. The third-order valence-electron chi connectivity index (χ3n) is 3.71. The van der Waals surface area contributed by atoms with E-state index < -0.39 is 0 Å². The van der Waals surface area contributed by atoms with Gasteiger partial charge in [-0.2, -0.15) is 0 Å². The Labute approximate surface area is 119 Å². The molecule has 1 amide bonds. The Morgan fingerprint density at radius 2 is 2.11 bits per heavy atom. The van der Waals surface area contributed by atoms with Crippen LogP contribution in [0.2, 0.25) is 0 Å². The highest BCUT2D eigenvalue weighted by Crippen LogP contribution is 2.16. The van der Waals surface area contributed by atoms with Crippen LogP contribution in [-0.2, 0) is 0 Å². The van der Waals surface area contributed by atoms with Gasteiger partial charge in [0.25, 0.3) is 5.91 Å². The Balaban J connectivity index is 0.00000180. The lowest BCUT2D eigenvalue weighted by molar-refractivity contribution is 0.0602. The van der Waals surface area contributed by atoms with E-state index in [2.05, 4.69) is 12.2 Å². The largest absolute Gasteiger partial charge is 0.333 e. The first-order valence-electron chi connectivity index (χ1n) is 6.31. The molecule has 2 rings (SSSR count). The smallest absolute Gasteiger partial charge is 0.254 e. The molecule has 1 aromatic rings. The average Bonchev–Trinajstić information content (AvgIpc) is 2.35. The first-order valence-corrected chi connectivity index (χ1v) is 6.31. The van der Waals surface area contributed by atoms with Gasteiger partial charge in [-0.25, -0.2) is 4.39 Å². The minimum atomic E-state index is -0.323. The normalized spacial score (nSPS) is 22.8.